The topological polar surface area (TPSA) is 15.8 Å². The number of aromatic amines is 1. The van der Waals surface area contributed by atoms with Crippen LogP contribution in [0.4, 0.5) is 0 Å². The SMILES string of the molecule is C=Cc1[nH]c2ccccc2c1/C=C\C.CC.CC.[Ar]. The number of benzene rings is 1. The van der Waals surface area contributed by atoms with Crippen molar-refractivity contribution in [1.29, 1.82) is 0 Å². The predicted molar refractivity (Wildman–Crippen MR) is 85.8 cm³/mol. The van der Waals surface area contributed by atoms with E-state index in [0.29, 0.717) is 0 Å². The van der Waals surface area contributed by atoms with Gasteiger partial charge in [-0.15, -0.1) is 0 Å². The molecule has 19 heavy (non-hydrogen) atoms. The van der Waals surface area contributed by atoms with Gasteiger partial charge < -0.3 is 4.98 Å². The van der Waals surface area contributed by atoms with Gasteiger partial charge in [-0.2, -0.15) is 0 Å². The molecule has 0 aliphatic heterocycles. The third-order valence-corrected chi connectivity index (χ3v) is 2.31. The molecule has 2 aromatic rings. The molecule has 0 bridgehead atoms. The molecule has 1 aromatic carbocycles. The van der Waals surface area contributed by atoms with E-state index in [1.807, 2.05) is 52.8 Å². The van der Waals surface area contributed by atoms with Gasteiger partial charge in [0.1, 0.15) is 0 Å². The minimum atomic E-state index is 0. The van der Waals surface area contributed by atoms with E-state index in [-0.39, 0.29) is 37.7 Å². The Morgan fingerprint density at radius 2 is 1.63 bits per heavy atom. The second-order valence-corrected chi connectivity index (χ2v) is 3.20. The zero-order valence-corrected chi connectivity index (χ0v) is 13.3. The molecule has 0 atom stereocenters. The molecule has 0 fully saturated rings. The Hall–Kier alpha value is -0.500. The molecule has 1 nitrogen and oxygen atoms in total. The minimum Gasteiger partial charge on any atom is -0.355 e. The van der Waals surface area contributed by atoms with E-state index in [9.17, 15) is 0 Å². The van der Waals surface area contributed by atoms with E-state index in [1.54, 1.807) is 0 Å². The Morgan fingerprint density at radius 1 is 1.05 bits per heavy atom. The van der Waals surface area contributed by atoms with E-state index in [1.165, 1.54) is 10.9 Å². The fraction of sp³-hybridized carbons (Fsp3) is 0.294. The number of H-pyrrole nitrogens is 1. The van der Waals surface area contributed by atoms with Crippen molar-refractivity contribution in [2.24, 2.45) is 0 Å². The van der Waals surface area contributed by atoms with Gasteiger partial charge in [-0.25, -0.2) is 0 Å². The fourth-order valence-electron chi connectivity index (χ4n) is 1.69. The third-order valence-electron chi connectivity index (χ3n) is 2.31. The summed E-state index contributed by atoms with van der Waals surface area (Å²) in [5.41, 5.74) is 3.47. The van der Waals surface area contributed by atoms with Crippen LogP contribution in [0.2, 0.25) is 0 Å². The van der Waals surface area contributed by atoms with Gasteiger partial charge in [0, 0.05) is 59.9 Å². The maximum absolute atomic E-state index is 3.80. The van der Waals surface area contributed by atoms with Crippen LogP contribution in [0.5, 0.6) is 0 Å². The molecule has 0 aliphatic rings. The first kappa shape index (κ1) is 20.8. The second-order valence-electron chi connectivity index (χ2n) is 3.20. The van der Waals surface area contributed by atoms with Gasteiger partial charge in [0.2, 0.25) is 0 Å². The Morgan fingerprint density at radius 3 is 2.16 bits per heavy atom. The number of fused-ring (bicyclic) bond motifs is 1. The summed E-state index contributed by atoms with van der Waals surface area (Å²) in [7, 11) is 0. The van der Waals surface area contributed by atoms with Crippen LogP contribution < -0.4 is 0 Å². The van der Waals surface area contributed by atoms with Gasteiger partial charge in [0.25, 0.3) is 0 Å². The molecular weight excluding hydrogens is 258 g/mol. The van der Waals surface area contributed by atoms with Gasteiger partial charge in [-0.05, 0) is 19.1 Å². The van der Waals surface area contributed by atoms with Gasteiger partial charge >= 0.3 is 0 Å². The average molecular weight is 283 g/mol. The van der Waals surface area contributed by atoms with Crippen LogP contribution in [-0.2, 0) is 0 Å². The molecule has 0 spiro atoms. The number of allylic oxidation sites excluding steroid dienone is 1. The zero-order chi connectivity index (χ0) is 14.0. The van der Waals surface area contributed by atoms with Crippen molar-refractivity contribution in [3.63, 3.8) is 0 Å². The second kappa shape index (κ2) is 12.5. The number of para-hydroxylation sites is 1. The van der Waals surface area contributed by atoms with E-state index >= 15 is 0 Å². The Labute approximate surface area is 147 Å². The maximum atomic E-state index is 3.80. The van der Waals surface area contributed by atoms with Crippen LogP contribution in [0.3, 0.4) is 0 Å². The summed E-state index contributed by atoms with van der Waals surface area (Å²) in [5.74, 6) is 0. The molecule has 0 unspecified atom stereocenters. The van der Waals surface area contributed by atoms with E-state index in [2.05, 4.69) is 35.8 Å². The summed E-state index contributed by atoms with van der Waals surface area (Å²) in [4.78, 5) is 3.33. The summed E-state index contributed by atoms with van der Waals surface area (Å²) in [5, 5.41) is 1.25. The molecule has 106 valence electrons. The first-order valence-electron chi connectivity index (χ1n) is 6.72. The monoisotopic (exact) mass is 283 g/mol. The quantitative estimate of drug-likeness (QED) is 0.706. The van der Waals surface area contributed by atoms with Crippen LogP contribution in [0, 0.1) is 37.7 Å². The molecule has 0 saturated heterocycles. The Balaban J connectivity index is 0. The molecule has 1 aromatic heterocycles. The zero-order valence-electron chi connectivity index (χ0n) is 12.6. The molecule has 1 N–H and O–H groups in total. The van der Waals surface area contributed by atoms with Crippen LogP contribution in [0.25, 0.3) is 23.1 Å². The van der Waals surface area contributed by atoms with Crippen molar-refractivity contribution in [1.82, 2.24) is 4.98 Å². The van der Waals surface area contributed by atoms with Gasteiger partial charge in [-0.3, -0.25) is 0 Å². The molecule has 0 radical (unpaired) electrons. The van der Waals surface area contributed by atoms with Crippen LogP contribution in [0.15, 0.2) is 36.9 Å². The summed E-state index contributed by atoms with van der Waals surface area (Å²) >= 11 is 0. The van der Waals surface area contributed by atoms with Crippen LogP contribution in [0.1, 0.15) is 45.9 Å². The molecule has 1 heterocycles. The molecule has 0 aliphatic carbocycles. The van der Waals surface area contributed by atoms with E-state index in [0.717, 1.165) is 11.2 Å². The molecule has 2 rings (SSSR count). The van der Waals surface area contributed by atoms with Crippen molar-refractivity contribution in [2.75, 3.05) is 0 Å². The normalized spacial score (nSPS) is 8.89. The van der Waals surface area contributed by atoms with Gasteiger partial charge in [-0.1, -0.05) is 64.6 Å². The largest absolute Gasteiger partial charge is 0.355 e. The standard InChI is InChI=1S/C13H13N.2C2H6.Ar/c1-3-7-10-11-8-5-6-9-13(11)14-12(10)4-2;2*1-2;/h3-9,14H,2H2,1H3;2*1-2H3;/b7-3-;;;. The van der Waals surface area contributed by atoms with E-state index < -0.39 is 0 Å². The maximum Gasteiger partial charge on any atom is 0.0464 e. The first-order chi connectivity index (χ1) is 8.86. The summed E-state index contributed by atoms with van der Waals surface area (Å²) in [6.45, 7) is 13.8. The predicted octanol–water partition coefficient (Wildman–Crippen LogP) is 5.90. The smallest absolute Gasteiger partial charge is 0.0464 e. The van der Waals surface area contributed by atoms with Crippen molar-refractivity contribution in [3.05, 3.63) is 48.2 Å². The van der Waals surface area contributed by atoms with Crippen molar-refractivity contribution >= 4 is 23.1 Å². The number of rotatable bonds is 2. The van der Waals surface area contributed by atoms with Crippen molar-refractivity contribution in [3.8, 4) is 0 Å². The third kappa shape index (κ3) is 5.56. The van der Waals surface area contributed by atoms with Crippen molar-refractivity contribution in [2.45, 2.75) is 34.6 Å². The average Bonchev–Trinajstić information content (AvgIpc) is 2.82. The number of hydrogen-bond donors (Lipinski definition) is 1. The Bertz CT molecular complexity index is 495. The number of nitrogens with one attached hydrogen (secondary N) is 1. The molecule has 2 heteroatoms. The summed E-state index contributed by atoms with van der Waals surface area (Å²) < 4.78 is 0. The van der Waals surface area contributed by atoms with Crippen LogP contribution >= 0.6 is 0 Å². The fourth-order valence-corrected chi connectivity index (χ4v) is 1.69. The molecular formula is C17H25ArN. The number of aromatic nitrogens is 1. The summed E-state index contributed by atoms with van der Waals surface area (Å²) in [6, 6.07) is 8.28. The molecule has 0 saturated carbocycles. The van der Waals surface area contributed by atoms with Crippen LogP contribution in [-0.4, -0.2) is 4.98 Å². The molecule has 0 amide bonds. The van der Waals surface area contributed by atoms with Crippen molar-refractivity contribution < 1.29 is 37.7 Å². The van der Waals surface area contributed by atoms with Gasteiger partial charge in [0.15, 0.2) is 0 Å². The minimum absolute atomic E-state index is 0. The Kier molecular flexibility index (Phi) is 13.7. The number of hydrogen-bond acceptors (Lipinski definition) is 0. The van der Waals surface area contributed by atoms with E-state index in [4.69, 9.17) is 0 Å². The van der Waals surface area contributed by atoms with Gasteiger partial charge in [0.05, 0.1) is 0 Å². The first-order valence-corrected chi connectivity index (χ1v) is 6.72. The summed E-state index contributed by atoms with van der Waals surface area (Å²) in [6.07, 6.45) is 6.01.